The van der Waals surface area contributed by atoms with Crippen LogP contribution in [0.2, 0.25) is 15.5 Å². The Kier molecular flexibility index (Phi) is 96.4. The second-order valence-electron chi connectivity index (χ2n) is 27.2. The monoisotopic (exact) mass is 2360 g/mol. The molecule has 0 bridgehead atoms. The van der Waals surface area contributed by atoms with Crippen molar-refractivity contribution in [3.8, 4) is 5.88 Å². The molecule has 0 amide bonds. The van der Waals surface area contributed by atoms with Crippen molar-refractivity contribution in [3.63, 3.8) is 0 Å². The van der Waals surface area contributed by atoms with Crippen LogP contribution >= 0.6 is 47.2 Å². The Morgan fingerprint density at radius 3 is 0.931 bits per heavy atom. The number of carboxylic acids is 3. The minimum absolute atomic E-state index is 0. The summed E-state index contributed by atoms with van der Waals surface area (Å²) in [5.74, 6) is -8.44. The van der Waals surface area contributed by atoms with Crippen molar-refractivity contribution in [2.75, 3.05) is 21.3 Å². The smallest absolute Gasteiger partial charge is 0.374 e. The van der Waals surface area contributed by atoms with E-state index in [4.69, 9.17) is 54.9 Å². The van der Waals surface area contributed by atoms with Gasteiger partial charge >= 0.3 is 41.8 Å². The van der Waals surface area contributed by atoms with E-state index in [0.29, 0.717) is 94.1 Å². The Labute approximate surface area is 967 Å². The van der Waals surface area contributed by atoms with E-state index >= 15 is 0 Å². The maximum absolute atomic E-state index is 13.1. The van der Waals surface area contributed by atoms with E-state index in [1.807, 2.05) is 74.4 Å². The van der Waals surface area contributed by atoms with Crippen LogP contribution in [0.4, 0.5) is 30.7 Å². The molecule has 0 aliphatic carbocycles. The summed E-state index contributed by atoms with van der Waals surface area (Å²) in [5.41, 5.74) is 13.5. The zero-order chi connectivity index (χ0) is 89.4. The standard InChI is InChI=1S/C11H16FNO.C10H12ClNO2.C10H12FNO2.C10H13NO3.C9H10FNO3.2C9H10FNO2.C7H7Cl2N.C7H7F2N.2Ar.ClH.H2N.9V.Y/c1-7-6-8(2)10(13-9(7)12)14-11(3,4)5;2*1-6-4-7(2)10(11)12-8(6)5-9(13)14-3;1-6-4-7(2)10(13)11-8(6)5-9(12)14-3;1-5-3-6(2)9(10)11(14)7(5)4-8(12)13;2*1-5-3-6(2)9(10)11-7(5)4-8(12)13;2*1-4-3-5(2)7(9)10-6(4)8;;;;;;;;;;;;;;/h6H,1-5H3;2*4H,5H2,1-3H3;4H,5H2,1-3H3,(H,11,13);3H,4H2,1-2H3,(H,12,13);2*3H,4H2,1-2H3,(H,12,13);2*3H,1-2H3;;;1H;1H2;;;;;;;;;;/q;;;;;;;;;;;;-1;;;;;;;;;;. The van der Waals surface area contributed by atoms with Gasteiger partial charge in [0, 0.05) is 331 Å². The molecule has 9 aromatic heterocycles. The van der Waals surface area contributed by atoms with Gasteiger partial charge in [-0.05, 0) is 232 Å². The molecule has 0 aromatic carbocycles. The van der Waals surface area contributed by atoms with Crippen molar-refractivity contribution in [1.29, 1.82) is 0 Å². The van der Waals surface area contributed by atoms with Gasteiger partial charge in [0.15, 0.2) is 0 Å². The first-order valence-corrected chi connectivity index (χ1v) is 36.1. The van der Waals surface area contributed by atoms with Gasteiger partial charge in [-0.25, -0.2) is 24.9 Å². The Hall–Kier alpha value is -1.92. The number of rotatable bonds is 13. The average molecular weight is 2370 g/mol. The molecule has 6 N–H and O–H groups in total. The molecule has 0 saturated carbocycles. The van der Waals surface area contributed by atoms with E-state index < -0.39 is 71.9 Å². The fourth-order valence-corrected chi connectivity index (χ4v) is 9.94. The largest absolute Gasteiger partial charge is 0.693 e. The summed E-state index contributed by atoms with van der Waals surface area (Å²) in [4.78, 5) is 104. The fraction of sp³-hybridized carbons (Fsp3) is 0.378. The third kappa shape index (κ3) is 60.2. The number of hydrogen-bond acceptors (Lipinski definition) is 19. The molecule has 0 saturated heterocycles. The summed E-state index contributed by atoms with van der Waals surface area (Å²) in [7, 11) is 3.97. The van der Waals surface area contributed by atoms with Gasteiger partial charge in [-0.1, -0.05) is 46.9 Å². The number of aryl methyl sites for hydroxylation is 18. The van der Waals surface area contributed by atoms with Crippen LogP contribution in [0, 0.1) is 247 Å². The average Bonchev–Trinajstić information content (AvgIpc) is 0.819. The van der Waals surface area contributed by atoms with Crippen molar-refractivity contribution < 1.29 is 374 Å². The molecule has 9 aromatic rings. The number of nitrogens with zero attached hydrogens (tertiary/aromatic N) is 8. The number of carbonyl (C=O) groups excluding carboxylic acids is 3. The molecule has 0 unspecified atom stereocenters. The molecule has 0 spiro atoms. The molecule has 710 valence electrons. The summed E-state index contributed by atoms with van der Waals surface area (Å²) in [6, 6.07) is 15.1. The maximum atomic E-state index is 13.1. The van der Waals surface area contributed by atoms with Crippen molar-refractivity contribution in [1.82, 2.24) is 39.9 Å². The van der Waals surface area contributed by atoms with E-state index in [9.17, 15) is 69.5 Å². The molecule has 0 aliphatic rings. The summed E-state index contributed by atoms with van der Waals surface area (Å²) in [6.45, 7) is 36.6. The van der Waals surface area contributed by atoms with Gasteiger partial charge in [-0.3, -0.25) is 33.6 Å². The van der Waals surface area contributed by atoms with E-state index in [1.54, 1.807) is 106 Å². The Morgan fingerprint density at radius 2 is 0.623 bits per heavy atom. The molecule has 9 heterocycles. The van der Waals surface area contributed by atoms with Crippen LogP contribution in [-0.4, -0.2) is 118 Å². The number of aliphatic carboxylic acids is 3. The SMILES string of the molecule is COC(=O)Cc1[nH]c(=O)c(C)cc1C.COC(=O)Cc1nc(Cl)c(C)cc1C.COC(=O)Cc1nc(F)c(C)cc1C.Cc1cc(C)c(CC(=O)O)[n+]([O-])c1F.Cc1cc(C)c(CC(=O)O)nc1F.Cc1cc(C)c(CC(=O)O)nc1F.Cc1cc(C)c(Cl)nc1Cl.Cc1cc(C)c(F)nc1F.Cc1cc(C)c(OC(C)(C)C)nc1F.Cl.[Ar].[Ar].[NH2-].[V].[V].[V].[V].[V].[V].[V].[V].[V].[Y]. The normalized spacial score (nSPS) is 9.12. The number of pyridine rings is 9. The number of methoxy groups -OCH3 is 3. The summed E-state index contributed by atoms with van der Waals surface area (Å²) >= 11 is 17.2. The first kappa shape index (κ1) is 159. The number of carboxylic acid groups (broad SMARTS) is 3. The van der Waals surface area contributed by atoms with Gasteiger partial charge in [-0.2, -0.15) is 36.3 Å². The molecule has 0 atom stereocenters. The quantitative estimate of drug-likeness (QED) is 0.0208. The molecular formula is C82H100Ar2Cl4F7N10O15V9Y-. The molecule has 48 heteroatoms. The number of halogens is 11. The third-order valence-corrected chi connectivity index (χ3v) is 16.9. The van der Waals surface area contributed by atoms with Crippen molar-refractivity contribution in [3.05, 3.63) is 268 Å². The second kappa shape index (κ2) is 78.8. The number of ether oxygens (including phenoxy) is 4. The van der Waals surface area contributed by atoms with Crippen molar-refractivity contribution >= 4 is 83.0 Å². The fourth-order valence-electron chi connectivity index (χ4n) is 9.46. The summed E-state index contributed by atoms with van der Waals surface area (Å²) in [5, 5.41) is 38.1. The van der Waals surface area contributed by atoms with Gasteiger partial charge < -0.3 is 50.6 Å². The minimum Gasteiger partial charge on any atom is -0.693 e. The van der Waals surface area contributed by atoms with Crippen LogP contribution in [0.15, 0.2) is 59.4 Å². The van der Waals surface area contributed by atoms with Crippen LogP contribution in [-0.2, 0) is 281 Å². The Balaban J connectivity index is -0.0000000959. The number of nitrogens with two attached hydrogens (primary N) is 1. The number of aromatic amines is 1. The molecule has 130 heavy (non-hydrogen) atoms. The van der Waals surface area contributed by atoms with Crippen LogP contribution < -0.4 is 15.0 Å². The van der Waals surface area contributed by atoms with Gasteiger partial charge in [0.2, 0.25) is 47.3 Å². The van der Waals surface area contributed by atoms with Crippen molar-refractivity contribution in [2.24, 2.45) is 0 Å². The first-order valence-electron chi connectivity index (χ1n) is 34.9. The van der Waals surface area contributed by atoms with Crippen LogP contribution in [0.3, 0.4) is 0 Å². The predicted molar refractivity (Wildman–Crippen MR) is 436 cm³/mol. The molecule has 25 nitrogen and oxygen atoms in total. The molecule has 9 rings (SSSR count). The maximum Gasteiger partial charge on any atom is 0.374 e. The van der Waals surface area contributed by atoms with E-state index in [2.05, 4.69) is 54.1 Å². The topological polar surface area (TPSA) is 384 Å². The van der Waals surface area contributed by atoms with Gasteiger partial charge in [0.05, 0.1) is 81.8 Å². The Morgan fingerprint density at radius 1 is 0.369 bits per heavy atom. The van der Waals surface area contributed by atoms with E-state index in [-0.39, 0.29) is 376 Å². The molecule has 0 fully saturated rings. The number of hydrogen-bond donors (Lipinski definition) is 4. The van der Waals surface area contributed by atoms with Crippen LogP contribution in [0.5, 0.6) is 5.88 Å². The first-order chi connectivity index (χ1) is 53.6. The van der Waals surface area contributed by atoms with Crippen LogP contribution in [0.1, 0.15) is 155 Å². The second-order valence-corrected chi connectivity index (χ2v) is 28.3. The zero-order valence-corrected chi connectivity index (χ0v) is 95.2. The van der Waals surface area contributed by atoms with E-state index in [0.717, 1.165) is 38.9 Å². The van der Waals surface area contributed by atoms with Gasteiger partial charge in [0.1, 0.15) is 27.5 Å². The van der Waals surface area contributed by atoms with Gasteiger partial charge in [0.25, 0.3) is 5.56 Å². The van der Waals surface area contributed by atoms with Crippen LogP contribution in [0.25, 0.3) is 6.15 Å². The number of aromatic nitrogens is 9. The Bertz CT molecular complexity index is 4830. The molecular weight excluding hydrogens is 2270 g/mol. The number of nitrogens with one attached hydrogen (secondary N) is 1. The minimum atomic E-state index is -1.15. The number of esters is 3. The molecule has 10 radical (unpaired) electrons. The molecule has 0 aliphatic heterocycles. The van der Waals surface area contributed by atoms with E-state index in [1.165, 1.54) is 40.4 Å². The third-order valence-electron chi connectivity index (χ3n) is 15.8. The predicted octanol–water partition coefficient (Wildman–Crippen LogP) is 17.1. The number of H-pyrrole nitrogens is 1. The van der Waals surface area contributed by atoms with Gasteiger partial charge in [-0.15, -0.1) is 21.5 Å². The zero-order valence-electron chi connectivity index (χ0n) is 75.3. The number of carbonyl (C=O) groups is 6. The summed E-state index contributed by atoms with van der Waals surface area (Å²) < 4.78 is 109. The van der Waals surface area contributed by atoms with Crippen molar-refractivity contribution in [2.45, 2.75) is 190 Å². The summed E-state index contributed by atoms with van der Waals surface area (Å²) in [6.07, 6.45) is -0.641.